The Kier molecular flexibility index (Phi) is 3.57. The van der Waals surface area contributed by atoms with E-state index in [1.165, 1.54) is 18.0 Å². The lowest BCUT2D eigenvalue weighted by Crippen LogP contribution is -2.06. The number of methoxy groups -OCH3 is 1. The van der Waals surface area contributed by atoms with Gasteiger partial charge in [-0.05, 0) is 18.2 Å². The molecule has 0 fully saturated rings. The van der Waals surface area contributed by atoms with E-state index in [2.05, 4.69) is 25.8 Å². The number of carbonyl (C=O) groups is 2. The summed E-state index contributed by atoms with van der Waals surface area (Å²) >= 11 is 3.34. The minimum atomic E-state index is -0.633. The molecule has 0 N–H and O–H groups in total. The number of ether oxygens (including phenoxy) is 1. The van der Waals surface area contributed by atoms with Crippen LogP contribution in [0.1, 0.15) is 20.8 Å². The van der Waals surface area contributed by atoms with Crippen molar-refractivity contribution < 1.29 is 14.3 Å². The fourth-order valence-corrected chi connectivity index (χ4v) is 1.87. The number of aldehydes is 1. The fraction of sp³-hybridized carbons (Fsp3) is 0.0833. The van der Waals surface area contributed by atoms with Crippen molar-refractivity contribution in [2.75, 3.05) is 7.11 Å². The second-order valence-electron chi connectivity index (χ2n) is 3.47. The standard InChI is InChI=1S/C12H9BrN2O3/c1-18-12(17)11-8(7-16)6-15(14-11)10-4-2-3-9(13)5-10/h2-7H,1H3. The average Bonchev–Trinajstić information content (AvgIpc) is 2.82. The molecule has 1 aromatic carbocycles. The van der Waals surface area contributed by atoms with Gasteiger partial charge in [0.15, 0.2) is 12.0 Å². The van der Waals surface area contributed by atoms with E-state index in [1.54, 1.807) is 0 Å². The number of rotatable bonds is 3. The quantitative estimate of drug-likeness (QED) is 0.644. The minimum absolute atomic E-state index is 0.00692. The fourth-order valence-electron chi connectivity index (χ4n) is 1.48. The molecule has 0 bridgehead atoms. The van der Waals surface area contributed by atoms with E-state index in [9.17, 15) is 9.59 Å². The monoisotopic (exact) mass is 308 g/mol. The van der Waals surface area contributed by atoms with Crippen LogP contribution in [0.2, 0.25) is 0 Å². The summed E-state index contributed by atoms with van der Waals surface area (Å²) in [7, 11) is 1.25. The molecule has 0 spiro atoms. The number of halogens is 1. The molecule has 2 aromatic rings. The van der Waals surface area contributed by atoms with Gasteiger partial charge in [-0.2, -0.15) is 5.10 Å². The Morgan fingerprint density at radius 2 is 2.28 bits per heavy atom. The summed E-state index contributed by atoms with van der Waals surface area (Å²) in [6, 6.07) is 7.34. The number of nitrogens with zero attached hydrogens (tertiary/aromatic N) is 2. The third-order valence-corrected chi connectivity index (χ3v) is 2.81. The largest absolute Gasteiger partial charge is 0.464 e. The molecule has 0 saturated heterocycles. The topological polar surface area (TPSA) is 61.2 Å². The third kappa shape index (κ3) is 2.33. The smallest absolute Gasteiger partial charge is 0.359 e. The zero-order valence-electron chi connectivity index (χ0n) is 9.46. The maximum absolute atomic E-state index is 11.4. The normalized spacial score (nSPS) is 10.1. The molecule has 0 radical (unpaired) electrons. The van der Waals surface area contributed by atoms with Crippen molar-refractivity contribution >= 4 is 28.2 Å². The number of benzene rings is 1. The zero-order valence-corrected chi connectivity index (χ0v) is 11.0. The van der Waals surface area contributed by atoms with Crippen molar-refractivity contribution in [1.29, 1.82) is 0 Å². The van der Waals surface area contributed by atoms with E-state index in [0.29, 0.717) is 6.29 Å². The van der Waals surface area contributed by atoms with Crippen molar-refractivity contribution in [1.82, 2.24) is 9.78 Å². The van der Waals surface area contributed by atoms with Crippen LogP contribution in [0.15, 0.2) is 34.9 Å². The third-order valence-electron chi connectivity index (χ3n) is 2.32. The maximum atomic E-state index is 11.4. The van der Waals surface area contributed by atoms with Gasteiger partial charge in [-0.25, -0.2) is 9.48 Å². The predicted molar refractivity (Wildman–Crippen MR) is 68.0 cm³/mol. The SMILES string of the molecule is COC(=O)c1nn(-c2cccc(Br)c2)cc1C=O. The lowest BCUT2D eigenvalue weighted by atomic mass is 10.3. The van der Waals surface area contributed by atoms with Gasteiger partial charge in [0.1, 0.15) is 0 Å². The Morgan fingerprint density at radius 3 is 2.89 bits per heavy atom. The Bertz CT molecular complexity index is 607. The van der Waals surface area contributed by atoms with Crippen molar-refractivity contribution in [3.8, 4) is 5.69 Å². The Labute approximate surface area is 111 Å². The average molecular weight is 309 g/mol. The van der Waals surface area contributed by atoms with Crippen LogP contribution < -0.4 is 0 Å². The first-order chi connectivity index (χ1) is 8.65. The number of aromatic nitrogens is 2. The lowest BCUT2D eigenvalue weighted by molar-refractivity contribution is 0.0591. The van der Waals surface area contributed by atoms with Gasteiger partial charge in [0.25, 0.3) is 0 Å². The molecular weight excluding hydrogens is 300 g/mol. The van der Waals surface area contributed by atoms with Crippen molar-refractivity contribution in [2.24, 2.45) is 0 Å². The second kappa shape index (κ2) is 5.14. The van der Waals surface area contributed by atoms with Crippen molar-refractivity contribution in [2.45, 2.75) is 0 Å². The Morgan fingerprint density at radius 1 is 1.50 bits per heavy atom. The number of carbonyl (C=O) groups excluding carboxylic acids is 2. The zero-order chi connectivity index (χ0) is 13.1. The van der Waals surface area contributed by atoms with Gasteiger partial charge in [0.05, 0.1) is 18.4 Å². The van der Waals surface area contributed by atoms with E-state index in [-0.39, 0.29) is 11.3 Å². The molecule has 0 aliphatic rings. The highest BCUT2D eigenvalue weighted by molar-refractivity contribution is 9.10. The van der Waals surface area contributed by atoms with Gasteiger partial charge in [-0.3, -0.25) is 4.79 Å². The van der Waals surface area contributed by atoms with E-state index in [4.69, 9.17) is 0 Å². The van der Waals surface area contributed by atoms with Crippen LogP contribution in [-0.4, -0.2) is 29.1 Å². The molecule has 92 valence electrons. The molecule has 0 unspecified atom stereocenters. The van der Waals surface area contributed by atoms with Crippen molar-refractivity contribution in [3.63, 3.8) is 0 Å². The van der Waals surface area contributed by atoms with Crippen LogP contribution in [0.25, 0.3) is 5.69 Å². The summed E-state index contributed by atoms with van der Waals surface area (Å²) in [6.45, 7) is 0. The van der Waals surface area contributed by atoms with Gasteiger partial charge >= 0.3 is 5.97 Å². The van der Waals surface area contributed by atoms with Gasteiger partial charge < -0.3 is 4.74 Å². The molecule has 0 aliphatic heterocycles. The van der Waals surface area contributed by atoms with Crippen molar-refractivity contribution in [3.05, 3.63) is 46.2 Å². The summed E-state index contributed by atoms with van der Waals surface area (Å²) in [5.74, 6) is -0.633. The Hall–Kier alpha value is -1.95. The molecule has 2 rings (SSSR count). The first kappa shape index (κ1) is 12.5. The molecule has 1 aromatic heterocycles. The van der Waals surface area contributed by atoms with E-state index in [0.717, 1.165) is 10.2 Å². The van der Waals surface area contributed by atoms with Crippen LogP contribution in [0.4, 0.5) is 0 Å². The van der Waals surface area contributed by atoms with Gasteiger partial charge in [0, 0.05) is 10.7 Å². The van der Waals surface area contributed by atoms with E-state index < -0.39 is 5.97 Å². The van der Waals surface area contributed by atoms with E-state index >= 15 is 0 Å². The van der Waals surface area contributed by atoms with Gasteiger partial charge in [-0.15, -0.1) is 0 Å². The van der Waals surface area contributed by atoms with Gasteiger partial charge in [0.2, 0.25) is 0 Å². The molecule has 0 aliphatic carbocycles. The van der Waals surface area contributed by atoms with Gasteiger partial charge in [-0.1, -0.05) is 22.0 Å². The first-order valence-electron chi connectivity index (χ1n) is 5.05. The summed E-state index contributed by atoms with van der Waals surface area (Å²) in [5, 5.41) is 4.05. The van der Waals surface area contributed by atoms with Crippen LogP contribution in [0.3, 0.4) is 0 Å². The lowest BCUT2D eigenvalue weighted by Gasteiger charge is -2.00. The van der Waals surface area contributed by atoms with E-state index in [1.807, 2.05) is 24.3 Å². The summed E-state index contributed by atoms with van der Waals surface area (Å²) in [4.78, 5) is 22.3. The number of hydrogen-bond acceptors (Lipinski definition) is 4. The molecule has 0 saturated carbocycles. The van der Waals surface area contributed by atoms with Crippen LogP contribution in [0.5, 0.6) is 0 Å². The number of hydrogen-bond donors (Lipinski definition) is 0. The van der Waals surface area contributed by atoms with Crippen LogP contribution >= 0.6 is 15.9 Å². The molecule has 0 amide bonds. The minimum Gasteiger partial charge on any atom is -0.464 e. The highest BCUT2D eigenvalue weighted by Gasteiger charge is 2.17. The summed E-state index contributed by atoms with van der Waals surface area (Å²) < 4.78 is 6.91. The first-order valence-corrected chi connectivity index (χ1v) is 5.84. The summed E-state index contributed by atoms with van der Waals surface area (Å²) in [5.41, 5.74) is 0.942. The molecule has 6 heteroatoms. The second-order valence-corrected chi connectivity index (χ2v) is 4.38. The Balaban J connectivity index is 2.50. The molecular formula is C12H9BrN2O3. The predicted octanol–water partition coefficient (Wildman–Crippen LogP) is 2.23. The highest BCUT2D eigenvalue weighted by Crippen LogP contribution is 2.16. The number of esters is 1. The highest BCUT2D eigenvalue weighted by atomic mass is 79.9. The molecule has 18 heavy (non-hydrogen) atoms. The molecule has 1 heterocycles. The summed E-state index contributed by atoms with van der Waals surface area (Å²) in [6.07, 6.45) is 2.06. The molecule has 5 nitrogen and oxygen atoms in total. The molecule has 0 atom stereocenters. The van der Waals surface area contributed by atoms with Crippen LogP contribution in [0, 0.1) is 0 Å². The maximum Gasteiger partial charge on any atom is 0.359 e. The van der Waals surface area contributed by atoms with Crippen LogP contribution in [-0.2, 0) is 4.74 Å².